The molecule has 1 rings (SSSR count). The molecule has 5 nitrogen and oxygen atoms in total. The van der Waals surface area contributed by atoms with Crippen molar-refractivity contribution < 1.29 is 9.53 Å². The number of carbonyl (C=O) groups excluding carboxylic acids is 1. The van der Waals surface area contributed by atoms with E-state index in [1.165, 1.54) is 5.56 Å². The van der Waals surface area contributed by atoms with Crippen LogP contribution in [0.4, 0.5) is 0 Å². The van der Waals surface area contributed by atoms with Crippen molar-refractivity contribution in [2.75, 3.05) is 40.4 Å². The van der Waals surface area contributed by atoms with E-state index < -0.39 is 0 Å². The zero-order valence-electron chi connectivity index (χ0n) is 12.6. The first-order valence-corrected chi connectivity index (χ1v) is 6.83. The highest BCUT2D eigenvalue weighted by atomic mass is 16.5. The van der Waals surface area contributed by atoms with Gasteiger partial charge in [-0.05, 0) is 44.3 Å². The monoisotopic (exact) mass is 279 g/mol. The van der Waals surface area contributed by atoms with E-state index in [0.717, 1.165) is 31.8 Å². The number of amides is 1. The van der Waals surface area contributed by atoms with Crippen molar-refractivity contribution in [3.63, 3.8) is 0 Å². The highest BCUT2D eigenvalue weighted by molar-refractivity contribution is 5.93. The fraction of sp³-hybridized carbons (Fsp3) is 0.533. The number of primary amides is 1. The van der Waals surface area contributed by atoms with Crippen LogP contribution in [-0.2, 0) is 11.3 Å². The van der Waals surface area contributed by atoms with Crippen molar-refractivity contribution in [3.8, 4) is 0 Å². The van der Waals surface area contributed by atoms with Crippen molar-refractivity contribution in [1.82, 2.24) is 10.2 Å². The van der Waals surface area contributed by atoms with Gasteiger partial charge in [-0.1, -0.05) is 6.07 Å². The Morgan fingerprint density at radius 1 is 1.35 bits per heavy atom. The van der Waals surface area contributed by atoms with Crippen molar-refractivity contribution in [1.29, 1.82) is 0 Å². The van der Waals surface area contributed by atoms with Crippen LogP contribution in [0.2, 0.25) is 0 Å². The SMILES string of the molecule is Cc1cc(C(N)=O)ccc1CNCCOCCN(C)C. The maximum absolute atomic E-state index is 11.1. The Balaban J connectivity index is 2.24. The lowest BCUT2D eigenvalue weighted by molar-refractivity contribution is 0.1000. The van der Waals surface area contributed by atoms with Gasteiger partial charge in [0.25, 0.3) is 0 Å². The minimum absolute atomic E-state index is 0.387. The van der Waals surface area contributed by atoms with Crippen LogP contribution >= 0.6 is 0 Å². The lowest BCUT2D eigenvalue weighted by Gasteiger charge is -2.11. The van der Waals surface area contributed by atoms with Crippen LogP contribution < -0.4 is 11.1 Å². The molecule has 20 heavy (non-hydrogen) atoms. The standard InChI is InChI=1S/C15H25N3O2/c1-12-10-13(15(16)19)4-5-14(12)11-17-6-8-20-9-7-18(2)3/h4-5,10,17H,6-9,11H2,1-3H3,(H2,16,19). The molecule has 0 aromatic heterocycles. The molecule has 0 unspecified atom stereocenters. The molecule has 112 valence electrons. The van der Waals surface area contributed by atoms with Gasteiger partial charge in [0.2, 0.25) is 5.91 Å². The van der Waals surface area contributed by atoms with Crippen molar-refractivity contribution in [3.05, 3.63) is 34.9 Å². The molecule has 0 fully saturated rings. The number of benzene rings is 1. The second kappa shape index (κ2) is 8.68. The van der Waals surface area contributed by atoms with Gasteiger partial charge in [0.15, 0.2) is 0 Å². The first-order chi connectivity index (χ1) is 9.50. The van der Waals surface area contributed by atoms with E-state index in [1.54, 1.807) is 6.07 Å². The Morgan fingerprint density at radius 3 is 2.70 bits per heavy atom. The lowest BCUT2D eigenvalue weighted by Crippen LogP contribution is -2.23. The average molecular weight is 279 g/mol. The topological polar surface area (TPSA) is 67.6 Å². The molecular weight excluding hydrogens is 254 g/mol. The van der Waals surface area contributed by atoms with E-state index in [2.05, 4.69) is 10.2 Å². The summed E-state index contributed by atoms with van der Waals surface area (Å²) >= 11 is 0. The predicted molar refractivity (Wildman–Crippen MR) is 80.8 cm³/mol. The number of nitrogens with two attached hydrogens (primary N) is 1. The number of hydrogen-bond acceptors (Lipinski definition) is 4. The average Bonchev–Trinajstić information content (AvgIpc) is 2.38. The highest BCUT2D eigenvalue weighted by Crippen LogP contribution is 2.10. The van der Waals surface area contributed by atoms with Crippen molar-refractivity contribution in [2.24, 2.45) is 5.73 Å². The molecule has 0 aliphatic carbocycles. The maximum atomic E-state index is 11.1. The van der Waals surface area contributed by atoms with Gasteiger partial charge < -0.3 is 20.7 Å². The number of nitrogens with one attached hydrogen (secondary N) is 1. The third kappa shape index (κ3) is 6.14. The molecule has 0 radical (unpaired) electrons. The van der Waals surface area contributed by atoms with E-state index in [4.69, 9.17) is 10.5 Å². The summed E-state index contributed by atoms with van der Waals surface area (Å²) in [6.07, 6.45) is 0. The highest BCUT2D eigenvalue weighted by Gasteiger charge is 2.03. The fourth-order valence-corrected chi connectivity index (χ4v) is 1.76. The summed E-state index contributed by atoms with van der Waals surface area (Å²) in [5, 5.41) is 3.32. The van der Waals surface area contributed by atoms with Gasteiger partial charge in [-0.15, -0.1) is 0 Å². The van der Waals surface area contributed by atoms with Crippen LogP contribution in [0, 0.1) is 6.92 Å². The first kappa shape index (κ1) is 16.6. The van der Waals surface area contributed by atoms with Crippen LogP contribution in [0.1, 0.15) is 21.5 Å². The first-order valence-electron chi connectivity index (χ1n) is 6.83. The largest absolute Gasteiger partial charge is 0.379 e. The number of likely N-dealkylation sites (N-methyl/N-ethyl adjacent to an activating group) is 1. The van der Waals surface area contributed by atoms with Gasteiger partial charge >= 0.3 is 0 Å². The summed E-state index contributed by atoms with van der Waals surface area (Å²) in [4.78, 5) is 13.2. The molecule has 0 aliphatic heterocycles. The molecule has 0 saturated carbocycles. The Labute approximate surface area is 121 Å². The number of hydrogen-bond donors (Lipinski definition) is 2. The molecular formula is C15H25N3O2. The summed E-state index contributed by atoms with van der Waals surface area (Å²) in [6.45, 7) is 5.95. The summed E-state index contributed by atoms with van der Waals surface area (Å²) in [5.74, 6) is -0.387. The molecule has 1 amide bonds. The summed E-state index contributed by atoms with van der Waals surface area (Å²) in [6, 6.07) is 5.53. The zero-order chi connectivity index (χ0) is 15.0. The Bertz CT molecular complexity index is 433. The number of carbonyl (C=O) groups is 1. The van der Waals surface area contributed by atoms with Gasteiger partial charge in [0.05, 0.1) is 13.2 Å². The molecule has 0 bridgehead atoms. The van der Waals surface area contributed by atoms with Crippen LogP contribution in [0.25, 0.3) is 0 Å². The number of aryl methyl sites for hydroxylation is 1. The van der Waals surface area contributed by atoms with E-state index in [-0.39, 0.29) is 5.91 Å². The quantitative estimate of drug-likeness (QED) is 0.655. The Kier molecular flexibility index (Phi) is 7.22. The minimum atomic E-state index is -0.387. The molecule has 0 spiro atoms. The molecule has 0 aliphatic rings. The van der Waals surface area contributed by atoms with Gasteiger partial charge in [0.1, 0.15) is 0 Å². The number of nitrogens with zero attached hydrogens (tertiary/aromatic N) is 1. The van der Waals surface area contributed by atoms with Crippen LogP contribution in [0.5, 0.6) is 0 Å². The van der Waals surface area contributed by atoms with Gasteiger partial charge in [-0.3, -0.25) is 4.79 Å². The van der Waals surface area contributed by atoms with Gasteiger partial charge in [-0.2, -0.15) is 0 Å². The van der Waals surface area contributed by atoms with Gasteiger partial charge in [-0.25, -0.2) is 0 Å². The third-order valence-electron chi connectivity index (χ3n) is 3.05. The molecule has 1 aromatic rings. The second-order valence-electron chi connectivity index (χ2n) is 5.10. The fourth-order valence-electron chi connectivity index (χ4n) is 1.76. The van der Waals surface area contributed by atoms with Crippen LogP contribution in [-0.4, -0.2) is 51.2 Å². The Morgan fingerprint density at radius 2 is 2.10 bits per heavy atom. The van der Waals surface area contributed by atoms with E-state index in [1.807, 2.05) is 33.2 Å². The molecule has 3 N–H and O–H groups in total. The van der Waals surface area contributed by atoms with Gasteiger partial charge in [0, 0.05) is 25.2 Å². The predicted octanol–water partition coefficient (Wildman–Crippen LogP) is 0.762. The molecule has 0 heterocycles. The molecule has 0 saturated heterocycles. The minimum Gasteiger partial charge on any atom is -0.379 e. The van der Waals surface area contributed by atoms with Crippen LogP contribution in [0.15, 0.2) is 18.2 Å². The maximum Gasteiger partial charge on any atom is 0.248 e. The summed E-state index contributed by atoms with van der Waals surface area (Å²) in [7, 11) is 4.06. The third-order valence-corrected chi connectivity index (χ3v) is 3.05. The van der Waals surface area contributed by atoms with Crippen LogP contribution in [0.3, 0.4) is 0 Å². The Hall–Kier alpha value is -1.43. The van der Waals surface area contributed by atoms with Crippen molar-refractivity contribution in [2.45, 2.75) is 13.5 Å². The number of ether oxygens (including phenoxy) is 1. The van der Waals surface area contributed by atoms with Crippen molar-refractivity contribution >= 4 is 5.91 Å². The van der Waals surface area contributed by atoms with E-state index >= 15 is 0 Å². The van der Waals surface area contributed by atoms with E-state index in [9.17, 15) is 4.79 Å². The second-order valence-corrected chi connectivity index (χ2v) is 5.10. The zero-order valence-corrected chi connectivity index (χ0v) is 12.6. The van der Waals surface area contributed by atoms with E-state index in [0.29, 0.717) is 12.2 Å². The summed E-state index contributed by atoms with van der Waals surface area (Å²) < 4.78 is 5.50. The lowest BCUT2D eigenvalue weighted by atomic mass is 10.0. The normalized spacial score (nSPS) is 11.0. The number of rotatable bonds is 9. The summed E-state index contributed by atoms with van der Waals surface area (Å²) in [5.41, 5.74) is 8.04. The molecule has 5 heteroatoms. The smallest absolute Gasteiger partial charge is 0.248 e. The molecule has 1 aromatic carbocycles. The molecule has 0 atom stereocenters.